The van der Waals surface area contributed by atoms with Crippen molar-refractivity contribution in [3.05, 3.63) is 35.9 Å². The minimum atomic E-state index is -1.35. The molecule has 1 rings (SSSR count). The molecule has 0 heterocycles. The van der Waals surface area contributed by atoms with Crippen LogP contribution in [0.1, 0.15) is 31.9 Å². The van der Waals surface area contributed by atoms with E-state index in [2.05, 4.69) is 24.1 Å². The standard InChI is InChI=1S/C15H23Cl3N2/c1-3-20(4-2)12-8-11-19-14(15(16,17)18)13-9-6-5-7-10-13/h5-7,9-10,14,19H,3-4,8,11-12H2,1-2H3/t14-/m1/s1. The van der Waals surface area contributed by atoms with Gasteiger partial charge in [0.25, 0.3) is 0 Å². The zero-order valence-electron chi connectivity index (χ0n) is 12.1. The van der Waals surface area contributed by atoms with Gasteiger partial charge in [-0.25, -0.2) is 0 Å². The van der Waals surface area contributed by atoms with Gasteiger partial charge in [-0.2, -0.15) is 0 Å². The first-order valence-electron chi connectivity index (χ1n) is 7.06. The van der Waals surface area contributed by atoms with Gasteiger partial charge < -0.3 is 10.2 Å². The molecular formula is C15H23Cl3N2. The summed E-state index contributed by atoms with van der Waals surface area (Å²) < 4.78 is -1.35. The van der Waals surface area contributed by atoms with Gasteiger partial charge in [-0.15, -0.1) is 0 Å². The maximum absolute atomic E-state index is 6.09. The molecule has 0 bridgehead atoms. The Balaban J connectivity index is 2.51. The molecule has 0 radical (unpaired) electrons. The monoisotopic (exact) mass is 336 g/mol. The van der Waals surface area contributed by atoms with Crippen LogP contribution in [0.25, 0.3) is 0 Å². The molecule has 0 aromatic heterocycles. The third-order valence-electron chi connectivity index (χ3n) is 3.35. The van der Waals surface area contributed by atoms with Gasteiger partial charge >= 0.3 is 0 Å². The number of nitrogens with zero attached hydrogens (tertiary/aromatic N) is 1. The van der Waals surface area contributed by atoms with Crippen LogP contribution < -0.4 is 5.32 Å². The molecule has 0 unspecified atom stereocenters. The van der Waals surface area contributed by atoms with Crippen molar-refractivity contribution in [1.82, 2.24) is 10.2 Å². The minimum Gasteiger partial charge on any atom is -0.306 e. The van der Waals surface area contributed by atoms with Crippen molar-refractivity contribution in [3.63, 3.8) is 0 Å². The Morgan fingerprint density at radius 2 is 1.70 bits per heavy atom. The van der Waals surface area contributed by atoms with Crippen LogP contribution in [0, 0.1) is 0 Å². The van der Waals surface area contributed by atoms with E-state index >= 15 is 0 Å². The fourth-order valence-corrected chi connectivity index (χ4v) is 2.77. The maximum atomic E-state index is 6.09. The van der Waals surface area contributed by atoms with Gasteiger partial charge in [0.2, 0.25) is 3.79 Å². The minimum absolute atomic E-state index is 0.287. The van der Waals surface area contributed by atoms with Gasteiger partial charge in [-0.05, 0) is 38.2 Å². The zero-order valence-corrected chi connectivity index (χ0v) is 14.3. The number of hydrogen-bond acceptors (Lipinski definition) is 2. The van der Waals surface area contributed by atoms with E-state index in [0.29, 0.717) is 0 Å². The summed E-state index contributed by atoms with van der Waals surface area (Å²) >= 11 is 18.3. The molecule has 5 heteroatoms. The van der Waals surface area contributed by atoms with Crippen LogP contribution in [0.2, 0.25) is 0 Å². The van der Waals surface area contributed by atoms with Crippen LogP contribution in [0.3, 0.4) is 0 Å². The molecule has 1 aromatic carbocycles. The number of benzene rings is 1. The fraction of sp³-hybridized carbons (Fsp3) is 0.600. The van der Waals surface area contributed by atoms with Gasteiger partial charge in [0.15, 0.2) is 0 Å². The van der Waals surface area contributed by atoms with E-state index < -0.39 is 3.79 Å². The van der Waals surface area contributed by atoms with Crippen LogP contribution in [0.15, 0.2) is 30.3 Å². The second-order valence-corrected chi connectivity index (χ2v) is 7.09. The van der Waals surface area contributed by atoms with E-state index in [4.69, 9.17) is 34.8 Å². The number of hydrogen-bond donors (Lipinski definition) is 1. The molecule has 0 saturated carbocycles. The van der Waals surface area contributed by atoms with Crippen molar-refractivity contribution in [1.29, 1.82) is 0 Å². The summed E-state index contributed by atoms with van der Waals surface area (Å²) in [4.78, 5) is 2.38. The van der Waals surface area contributed by atoms with Crippen molar-refractivity contribution < 1.29 is 0 Å². The first-order chi connectivity index (χ1) is 9.49. The summed E-state index contributed by atoms with van der Waals surface area (Å²) in [5.74, 6) is 0. The molecule has 2 nitrogen and oxygen atoms in total. The lowest BCUT2D eigenvalue weighted by molar-refractivity contribution is 0.295. The summed E-state index contributed by atoms with van der Waals surface area (Å²) in [5, 5.41) is 3.36. The van der Waals surface area contributed by atoms with E-state index in [0.717, 1.165) is 38.2 Å². The fourth-order valence-electron chi connectivity index (χ4n) is 2.16. The van der Waals surface area contributed by atoms with Crippen LogP contribution in [-0.4, -0.2) is 34.9 Å². The van der Waals surface area contributed by atoms with Crippen LogP contribution in [0.5, 0.6) is 0 Å². The smallest absolute Gasteiger partial charge is 0.209 e. The van der Waals surface area contributed by atoms with Crippen molar-refractivity contribution in [2.24, 2.45) is 0 Å². The molecule has 0 aliphatic heterocycles. The molecule has 0 aliphatic rings. The summed E-state index contributed by atoms with van der Waals surface area (Å²) in [7, 11) is 0. The first-order valence-corrected chi connectivity index (χ1v) is 8.19. The van der Waals surface area contributed by atoms with E-state index in [9.17, 15) is 0 Å². The largest absolute Gasteiger partial charge is 0.306 e. The molecule has 20 heavy (non-hydrogen) atoms. The predicted octanol–water partition coefficient (Wildman–Crippen LogP) is 4.42. The van der Waals surface area contributed by atoms with Gasteiger partial charge in [0.1, 0.15) is 0 Å². The van der Waals surface area contributed by atoms with Gasteiger partial charge in [-0.1, -0.05) is 79.0 Å². The highest BCUT2D eigenvalue weighted by Gasteiger charge is 2.33. The number of rotatable bonds is 8. The summed E-state index contributed by atoms with van der Waals surface area (Å²) in [6.07, 6.45) is 1.03. The highest BCUT2D eigenvalue weighted by Crippen LogP contribution is 2.39. The molecule has 0 spiro atoms. The molecule has 0 fully saturated rings. The Morgan fingerprint density at radius 1 is 1.10 bits per heavy atom. The lowest BCUT2D eigenvalue weighted by atomic mass is 10.1. The average Bonchev–Trinajstić information content (AvgIpc) is 2.42. The second-order valence-electron chi connectivity index (χ2n) is 4.72. The van der Waals surface area contributed by atoms with Gasteiger partial charge in [0, 0.05) is 0 Å². The summed E-state index contributed by atoms with van der Waals surface area (Å²) in [6.45, 7) is 8.37. The molecular weight excluding hydrogens is 315 g/mol. The zero-order chi connectivity index (χ0) is 15.0. The van der Waals surface area contributed by atoms with Gasteiger partial charge in [0.05, 0.1) is 6.04 Å². The third-order valence-corrected chi connectivity index (χ3v) is 4.01. The Labute approximate surface area is 137 Å². The lowest BCUT2D eigenvalue weighted by Crippen LogP contribution is -2.34. The average molecular weight is 338 g/mol. The van der Waals surface area contributed by atoms with E-state index in [1.54, 1.807) is 0 Å². The van der Waals surface area contributed by atoms with Crippen molar-refractivity contribution in [3.8, 4) is 0 Å². The maximum Gasteiger partial charge on any atom is 0.209 e. The molecule has 1 aromatic rings. The summed E-state index contributed by atoms with van der Waals surface area (Å²) in [6, 6.07) is 9.53. The topological polar surface area (TPSA) is 15.3 Å². The van der Waals surface area contributed by atoms with Crippen LogP contribution in [-0.2, 0) is 0 Å². The van der Waals surface area contributed by atoms with Gasteiger partial charge in [-0.3, -0.25) is 0 Å². The normalized spacial score (nSPS) is 13.7. The SMILES string of the molecule is CCN(CC)CCCN[C@H](c1ccccc1)C(Cl)(Cl)Cl. The van der Waals surface area contributed by atoms with Crippen molar-refractivity contribution in [2.45, 2.75) is 30.1 Å². The van der Waals surface area contributed by atoms with Crippen molar-refractivity contribution in [2.75, 3.05) is 26.2 Å². The Hall–Kier alpha value is 0.01000. The third kappa shape index (κ3) is 6.19. The second kappa shape index (κ2) is 9.11. The van der Waals surface area contributed by atoms with E-state index in [1.807, 2.05) is 30.3 Å². The quantitative estimate of drug-likeness (QED) is 0.558. The number of alkyl halides is 3. The summed E-state index contributed by atoms with van der Waals surface area (Å²) in [5.41, 5.74) is 0.996. The van der Waals surface area contributed by atoms with Crippen molar-refractivity contribution >= 4 is 34.8 Å². The number of halogens is 3. The Bertz CT molecular complexity index is 361. The lowest BCUT2D eigenvalue weighted by Gasteiger charge is -2.26. The molecule has 0 saturated heterocycles. The van der Waals surface area contributed by atoms with Crippen LogP contribution in [0.4, 0.5) is 0 Å². The number of nitrogens with one attached hydrogen (secondary N) is 1. The first kappa shape index (κ1) is 18.1. The molecule has 0 aliphatic carbocycles. The molecule has 114 valence electrons. The highest BCUT2D eigenvalue weighted by atomic mass is 35.6. The van der Waals surface area contributed by atoms with Crippen LogP contribution >= 0.6 is 34.8 Å². The molecule has 1 atom stereocenters. The van der Waals surface area contributed by atoms with E-state index in [-0.39, 0.29) is 6.04 Å². The Kier molecular flexibility index (Phi) is 8.23. The molecule has 0 amide bonds. The highest BCUT2D eigenvalue weighted by molar-refractivity contribution is 6.68. The Morgan fingerprint density at radius 3 is 2.20 bits per heavy atom. The predicted molar refractivity (Wildman–Crippen MR) is 89.9 cm³/mol. The molecule has 1 N–H and O–H groups in total. The van der Waals surface area contributed by atoms with E-state index in [1.165, 1.54) is 0 Å².